The van der Waals surface area contributed by atoms with E-state index in [9.17, 15) is 0 Å². The van der Waals surface area contributed by atoms with Crippen molar-refractivity contribution < 1.29 is 0 Å². The van der Waals surface area contributed by atoms with Crippen LogP contribution in [0.2, 0.25) is 0 Å². The Morgan fingerprint density at radius 1 is 0.905 bits per heavy atom. The third-order valence-corrected chi connectivity index (χ3v) is 3.93. The van der Waals surface area contributed by atoms with Gasteiger partial charge in [-0.25, -0.2) is 4.98 Å². The molecule has 106 valence electrons. The molecule has 0 bridgehead atoms. The average molecular weight is 276 g/mol. The third-order valence-electron chi connectivity index (χ3n) is 3.93. The number of benzene rings is 2. The highest BCUT2D eigenvalue weighted by molar-refractivity contribution is 5.91. The summed E-state index contributed by atoms with van der Waals surface area (Å²) in [6.07, 6.45) is 1.86. The molecule has 0 aliphatic rings. The topological polar surface area (TPSA) is 24.9 Å². The van der Waals surface area contributed by atoms with E-state index in [2.05, 4.69) is 78.7 Å². The number of aromatic nitrogens is 1. The zero-order valence-corrected chi connectivity index (χ0v) is 12.5. The van der Waals surface area contributed by atoms with E-state index in [0.29, 0.717) is 0 Å². The molecule has 0 radical (unpaired) electrons. The van der Waals surface area contributed by atoms with Crippen LogP contribution in [0.3, 0.4) is 0 Å². The van der Waals surface area contributed by atoms with Crippen molar-refractivity contribution in [1.29, 1.82) is 0 Å². The molecule has 0 atom stereocenters. The zero-order chi connectivity index (χ0) is 14.7. The number of fused-ring (bicyclic) bond motifs is 1. The molecule has 3 aromatic rings. The molecule has 2 heteroatoms. The summed E-state index contributed by atoms with van der Waals surface area (Å²) in [4.78, 5) is 4.49. The summed E-state index contributed by atoms with van der Waals surface area (Å²) in [5, 5.41) is 5.90. The molecule has 2 aromatic carbocycles. The summed E-state index contributed by atoms with van der Waals surface area (Å²) < 4.78 is 0. The standard InChI is InChI=1S/C19H20N2/c1-19(2,16-9-4-3-5-10-16)14-21-18-17-11-7-6-8-15(17)12-13-20-18/h3-13H,14H2,1-2H3,(H,20,21). The van der Waals surface area contributed by atoms with Gasteiger partial charge in [0, 0.05) is 23.5 Å². The van der Waals surface area contributed by atoms with Crippen LogP contribution in [0, 0.1) is 0 Å². The van der Waals surface area contributed by atoms with Crippen LogP contribution in [0.1, 0.15) is 19.4 Å². The molecule has 0 fully saturated rings. The minimum absolute atomic E-state index is 0.0554. The van der Waals surface area contributed by atoms with Gasteiger partial charge in [-0.05, 0) is 17.0 Å². The molecule has 0 aliphatic heterocycles. The summed E-state index contributed by atoms with van der Waals surface area (Å²) in [7, 11) is 0. The van der Waals surface area contributed by atoms with E-state index in [1.807, 2.05) is 12.3 Å². The first kappa shape index (κ1) is 13.6. The lowest BCUT2D eigenvalue weighted by atomic mass is 9.84. The number of anilines is 1. The van der Waals surface area contributed by atoms with Crippen molar-refractivity contribution in [2.24, 2.45) is 0 Å². The normalized spacial score (nSPS) is 11.5. The van der Waals surface area contributed by atoms with E-state index in [4.69, 9.17) is 0 Å². The highest BCUT2D eigenvalue weighted by atomic mass is 15.0. The number of pyridine rings is 1. The quantitative estimate of drug-likeness (QED) is 0.752. The molecule has 0 spiro atoms. The Balaban J connectivity index is 1.84. The Morgan fingerprint density at radius 2 is 1.62 bits per heavy atom. The number of nitrogens with one attached hydrogen (secondary N) is 1. The molecule has 21 heavy (non-hydrogen) atoms. The average Bonchev–Trinajstić information content (AvgIpc) is 2.54. The van der Waals surface area contributed by atoms with Gasteiger partial charge in [-0.3, -0.25) is 0 Å². The Morgan fingerprint density at radius 3 is 2.43 bits per heavy atom. The van der Waals surface area contributed by atoms with Crippen LogP contribution in [-0.4, -0.2) is 11.5 Å². The molecular formula is C19H20N2. The fourth-order valence-electron chi connectivity index (χ4n) is 2.56. The lowest BCUT2D eigenvalue weighted by Crippen LogP contribution is -2.27. The highest BCUT2D eigenvalue weighted by Gasteiger charge is 2.20. The second kappa shape index (κ2) is 5.57. The molecule has 1 N–H and O–H groups in total. The maximum absolute atomic E-state index is 4.49. The van der Waals surface area contributed by atoms with Crippen LogP contribution in [0.15, 0.2) is 66.9 Å². The highest BCUT2D eigenvalue weighted by Crippen LogP contribution is 2.25. The molecule has 0 aliphatic carbocycles. The maximum Gasteiger partial charge on any atom is 0.133 e. The van der Waals surface area contributed by atoms with Gasteiger partial charge in [0.05, 0.1) is 0 Å². The van der Waals surface area contributed by atoms with Crippen LogP contribution in [0.4, 0.5) is 5.82 Å². The van der Waals surface area contributed by atoms with E-state index in [0.717, 1.165) is 12.4 Å². The van der Waals surface area contributed by atoms with Crippen LogP contribution in [-0.2, 0) is 5.41 Å². The lowest BCUT2D eigenvalue weighted by molar-refractivity contribution is 0.556. The van der Waals surface area contributed by atoms with Crippen molar-refractivity contribution in [1.82, 2.24) is 4.98 Å². The minimum Gasteiger partial charge on any atom is -0.369 e. The monoisotopic (exact) mass is 276 g/mol. The van der Waals surface area contributed by atoms with Crippen molar-refractivity contribution >= 4 is 16.6 Å². The third kappa shape index (κ3) is 2.89. The van der Waals surface area contributed by atoms with E-state index >= 15 is 0 Å². The first-order valence-electron chi connectivity index (χ1n) is 7.30. The minimum atomic E-state index is 0.0554. The van der Waals surface area contributed by atoms with Crippen molar-refractivity contribution in [3.8, 4) is 0 Å². The predicted molar refractivity (Wildman–Crippen MR) is 89.7 cm³/mol. The molecule has 0 saturated carbocycles. The van der Waals surface area contributed by atoms with Gasteiger partial charge in [-0.1, -0.05) is 68.4 Å². The second-order valence-corrected chi connectivity index (χ2v) is 5.98. The van der Waals surface area contributed by atoms with E-state index in [1.165, 1.54) is 16.3 Å². The first-order valence-corrected chi connectivity index (χ1v) is 7.30. The lowest BCUT2D eigenvalue weighted by Gasteiger charge is -2.26. The fraction of sp³-hybridized carbons (Fsp3) is 0.211. The Kier molecular flexibility index (Phi) is 3.61. The van der Waals surface area contributed by atoms with Gasteiger partial charge < -0.3 is 5.32 Å². The molecule has 0 unspecified atom stereocenters. The van der Waals surface area contributed by atoms with Gasteiger partial charge in [0.25, 0.3) is 0 Å². The molecular weight excluding hydrogens is 256 g/mol. The van der Waals surface area contributed by atoms with Crippen LogP contribution in [0.25, 0.3) is 10.8 Å². The van der Waals surface area contributed by atoms with E-state index in [-0.39, 0.29) is 5.41 Å². The predicted octanol–water partition coefficient (Wildman–Crippen LogP) is 4.62. The maximum atomic E-state index is 4.49. The number of hydrogen-bond acceptors (Lipinski definition) is 2. The van der Waals surface area contributed by atoms with Crippen LogP contribution >= 0.6 is 0 Å². The second-order valence-electron chi connectivity index (χ2n) is 5.98. The number of nitrogens with zero attached hydrogens (tertiary/aromatic N) is 1. The molecule has 0 saturated heterocycles. The Labute approximate surface area is 125 Å². The van der Waals surface area contributed by atoms with Crippen molar-refractivity contribution in [2.75, 3.05) is 11.9 Å². The van der Waals surface area contributed by atoms with E-state index < -0.39 is 0 Å². The van der Waals surface area contributed by atoms with Gasteiger partial charge >= 0.3 is 0 Å². The summed E-state index contributed by atoms with van der Waals surface area (Å²) in [5.41, 5.74) is 1.39. The molecule has 1 heterocycles. The largest absolute Gasteiger partial charge is 0.369 e. The summed E-state index contributed by atoms with van der Waals surface area (Å²) >= 11 is 0. The number of rotatable bonds is 4. The van der Waals surface area contributed by atoms with Gasteiger partial charge in [0.2, 0.25) is 0 Å². The Hall–Kier alpha value is -2.35. The molecule has 1 aromatic heterocycles. The van der Waals surface area contributed by atoms with Crippen molar-refractivity contribution in [2.45, 2.75) is 19.3 Å². The van der Waals surface area contributed by atoms with Crippen LogP contribution < -0.4 is 5.32 Å². The Bertz CT molecular complexity index is 727. The van der Waals surface area contributed by atoms with Crippen molar-refractivity contribution in [3.05, 3.63) is 72.4 Å². The van der Waals surface area contributed by atoms with Crippen LogP contribution in [0.5, 0.6) is 0 Å². The molecule has 3 rings (SSSR count). The fourth-order valence-corrected chi connectivity index (χ4v) is 2.56. The van der Waals surface area contributed by atoms with Gasteiger partial charge in [0.15, 0.2) is 0 Å². The smallest absolute Gasteiger partial charge is 0.133 e. The molecule has 2 nitrogen and oxygen atoms in total. The summed E-state index contributed by atoms with van der Waals surface area (Å²) in [5.74, 6) is 0.956. The SMILES string of the molecule is CC(C)(CNc1nccc2ccccc12)c1ccccc1. The van der Waals surface area contributed by atoms with Gasteiger partial charge in [-0.15, -0.1) is 0 Å². The summed E-state index contributed by atoms with van der Waals surface area (Å²) in [6.45, 7) is 5.35. The van der Waals surface area contributed by atoms with E-state index in [1.54, 1.807) is 0 Å². The summed E-state index contributed by atoms with van der Waals surface area (Å²) in [6, 6.07) is 21.0. The van der Waals surface area contributed by atoms with Gasteiger partial charge in [-0.2, -0.15) is 0 Å². The number of hydrogen-bond donors (Lipinski definition) is 1. The van der Waals surface area contributed by atoms with Gasteiger partial charge in [0.1, 0.15) is 5.82 Å². The molecule has 0 amide bonds. The first-order chi connectivity index (χ1) is 10.2. The van der Waals surface area contributed by atoms with Crippen molar-refractivity contribution in [3.63, 3.8) is 0 Å². The zero-order valence-electron chi connectivity index (χ0n) is 12.5.